The van der Waals surface area contributed by atoms with Crippen molar-refractivity contribution in [1.29, 1.82) is 0 Å². The number of hydrogen-bond acceptors (Lipinski definition) is 2. The summed E-state index contributed by atoms with van der Waals surface area (Å²) in [6.07, 6.45) is 1.90. The fourth-order valence-corrected chi connectivity index (χ4v) is 1.53. The van der Waals surface area contributed by atoms with E-state index in [1.807, 2.05) is 18.0 Å². The summed E-state index contributed by atoms with van der Waals surface area (Å²) in [5.74, 6) is 2.41. The van der Waals surface area contributed by atoms with Crippen LogP contribution in [0, 0.1) is 0 Å². The monoisotopic (exact) mass is 115 g/mol. The minimum Gasteiger partial charge on any atom is -0.368 e. The van der Waals surface area contributed by atoms with Gasteiger partial charge >= 0.3 is 0 Å². The molecule has 1 nitrogen and oxygen atoms in total. The Morgan fingerprint density at radius 2 is 2.57 bits per heavy atom. The van der Waals surface area contributed by atoms with Crippen LogP contribution in [-0.4, -0.2) is 23.1 Å². The molecule has 1 fully saturated rings. The van der Waals surface area contributed by atoms with Gasteiger partial charge in [-0.2, -0.15) is 0 Å². The highest BCUT2D eigenvalue weighted by Gasteiger charge is 2.04. The molecule has 0 saturated carbocycles. The molecule has 1 aliphatic heterocycles. The van der Waals surface area contributed by atoms with E-state index in [1.165, 1.54) is 12.3 Å². The first-order valence-corrected chi connectivity index (χ1v) is 3.53. The maximum absolute atomic E-state index is 3.66. The van der Waals surface area contributed by atoms with E-state index in [4.69, 9.17) is 0 Å². The SMILES string of the molecule is C=CN1CCSC1. The summed E-state index contributed by atoms with van der Waals surface area (Å²) < 4.78 is 0. The number of rotatable bonds is 1. The predicted molar refractivity (Wildman–Crippen MR) is 34.2 cm³/mol. The highest BCUT2D eigenvalue weighted by molar-refractivity contribution is 7.99. The van der Waals surface area contributed by atoms with Gasteiger partial charge in [0.05, 0.1) is 5.88 Å². The molecule has 0 radical (unpaired) electrons. The molecule has 0 aromatic heterocycles. The molecule has 0 aliphatic carbocycles. The summed E-state index contributed by atoms with van der Waals surface area (Å²) in [5, 5.41) is 0. The summed E-state index contributed by atoms with van der Waals surface area (Å²) >= 11 is 1.96. The van der Waals surface area contributed by atoms with Crippen molar-refractivity contribution in [1.82, 2.24) is 4.90 Å². The van der Waals surface area contributed by atoms with Crippen molar-refractivity contribution in [2.45, 2.75) is 0 Å². The minimum absolute atomic E-state index is 1.14. The summed E-state index contributed by atoms with van der Waals surface area (Å²) in [6.45, 7) is 4.84. The fraction of sp³-hybridized carbons (Fsp3) is 0.600. The lowest BCUT2D eigenvalue weighted by Crippen LogP contribution is -2.09. The van der Waals surface area contributed by atoms with E-state index in [0.717, 1.165) is 5.88 Å². The molecule has 2 heteroatoms. The van der Waals surface area contributed by atoms with Crippen LogP contribution in [0.1, 0.15) is 0 Å². The average Bonchev–Trinajstić information content (AvgIpc) is 2.14. The molecule has 0 aromatic carbocycles. The zero-order valence-corrected chi connectivity index (χ0v) is 5.08. The van der Waals surface area contributed by atoms with Crippen molar-refractivity contribution in [2.24, 2.45) is 0 Å². The first-order valence-electron chi connectivity index (χ1n) is 2.38. The van der Waals surface area contributed by atoms with Crippen LogP contribution in [-0.2, 0) is 0 Å². The van der Waals surface area contributed by atoms with Crippen molar-refractivity contribution in [2.75, 3.05) is 18.2 Å². The van der Waals surface area contributed by atoms with Gasteiger partial charge < -0.3 is 4.90 Å². The molecule has 1 heterocycles. The summed E-state index contributed by atoms with van der Waals surface area (Å²) in [6, 6.07) is 0. The van der Waals surface area contributed by atoms with Gasteiger partial charge in [-0.15, -0.1) is 11.8 Å². The number of nitrogens with zero attached hydrogens (tertiary/aromatic N) is 1. The first-order chi connectivity index (χ1) is 3.43. The van der Waals surface area contributed by atoms with Gasteiger partial charge in [-0.05, 0) is 6.20 Å². The van der Waals surface area contributed by atoms with Gasteiger partial charge in [0, 0.05) is 12.3 Å². The Morgan fingerprint density at radius 3 is 2.86 bits per heavy atom. The lowest BCUT2D eigenvalue weighted by molar-refractivity contribution is 0.492. The Bertz CT molecular complexity index is 66.5. The zero-order chi connectivity index (χ0) is 5.11. The van der Waals surface area contributed by atoms with Crippen LogP contribution in [0.4, 0.5) is 0 Å². The van der Waals surface area contributed by atoms with Crippen LogP contribution in [0.25, 0.3) is 0 Å². The maximum atomic E-state index is 3.66. The Hall–Kier alpha value is -0.110. The molecule has 0 atom stereocenters. The molecule has 0 N–H and O–H groups in total. The second-order valence-electron chi connectivity index (χ2n) is 1.53. The molecule has 40 valence electrons. The van der Waals surface area contributed by atoms with Crippen LogP contribution < -0.4 is 0 Å². The van der Waals surface area contributed by atoms with E-state index in [9.17, 15) is 0 Å². The van der Waals surface area contributed by atoms with Crippen molar-refractivity contribution < 1.29 is 0 Å². The molecule has 1 saturated heterocycles. The van der Waals surface area contributed by atoms with Crippen molar-refractivity contribution >= 4 is 11.8 Å². The van der Waals surface area contributed by atoms with E-state index < -0.39 is 0 Å². The van der Waals surface area contributed by atoms with Gasteiger partial charge in [0.15, 0.2) is 0 Å². The molecular formula is C5H9NS. The number of hydrogen-bond donors (Lipinski definition) is 0. The standard InChI is InChI=1S/C5H9NS/c1-2-6-3-4-7-5-6/h2H,1,3-5H2. The molecule has 0 amide bonds. The van der Waals surface area contributed by atoms with Gasteiger partial charge in [-0.25, -0.2) is 0 Å². The second kappa shape index (κ2) is 2.26. The third-order valence-electron chi connectivity index (χ3n) is 1.04. The molecule has 0 unspecified atom stereocenters. The summed E-state index contributed by atoms with van der Waals surface area (Å²) in [5.41, 5.74) is 0. The van der Waals surface area contributed by atoms with Crippen LogP contribution in [0.15, 0.2) is 12.8 Å². The smallest absolute Gasteiger partial charge is 0.0634 e. The third kappa shape index (κ3) is 1.13. The number of thioether (sulfide) groups is 1. The quantitative estimate of drug-likeness (QED) is 0.504. The lowest BCUT2D eigenvalue weighted by Gasteiger charge is -2.06. The highest BCUT2D eigenvalue weighted by atomic mass is 32.2. The highest BCUT2D eigenvalue weighted by Crippen LogP contribution is 2.11. The molecule has 0 bridgehead atoms. The lowest BCUT2D eigenvalue weighted by atomic mass is 10.7. The Labute approximate surface area is 48.4 Å². The van der Waals surface area contributed by atoms with Crippen LogP contribution in [0.5, 0.6) is 0 Å². The van der Waals surface area contributed by atoms with Crippen molar-refractivity contribution in [3.63, 3.8) is 0 Å². The van der Waals surface area contributed by atoms with Crippen LogP contribution >= 0.6 is 11.8 Å². The summed E-state index contributed by atoms with van der Waals surface area (Å²) in [4.78, 5) is 2.21. The van der Waals surface area contributed by atoms with Crippen LogP contribution in [0.3, 0.4) is 0 Å². The van der Waals surface area contributed by atoms with Crippen molar-refractivity contribution in [3.05, 3.63) is 12.8 Å². The molecular weight excluding hydrogens is 106 g/mol. The molecule has 7 heavy (non-hydrogen) atoms. The average molecular weight is 115 g/mol. The normalized spacial score (nSPS) is 20.3. The van der Waals surface area contributed by atoms with E-state index in [1.54, 1.807) is 0 Å². The van der Waals surface area contributed by atoms with E-state index in [2.05, 4.69) is 11.5 Å². The Kier molecular flexibility index (Phi) is 1.63. The molecule has 0 aromatic rings. The molecule has 1 aliphatic rings. The first kappa shape index (κ1) is 5.04. The fourth-order valence-electron chi connectivity index (χ4n) is 0.572. The van der Waals surface area contributed by atoms with Gasteiger partial charge in [0.2, 0.25) is 0 Å². The Morgan fingerprint density at radius 1 is 1.71 bits per heavy atom. The van der Waals surface area contributed by atoms with E-state index >= 15 is 0 Å². The maximum Gasteiger partial charge on any atom is 0.0634 e. The molecule has 1 rings (SSSR count). The molecule has 0 spiro atoms. The topological polar surface area (TPSA) is 3.24 Å². The van der Waals surface area contributed by atoms with E-state index in [-0.39, 0.29) is 0 Å². The minimum atomic E-state index is 1.14. The van der Waals surface area contributed by atoms with E-state index in [0.29, 0.717) is 0 Å². The van der Waals surface area contributed by atoms with Crippen molar-refractivity contribution in [3.8, 4) is 0 Å². The van der Waals surface area contributed by atoms with Gasteiger partial charge in [-0.3, -0.25) is 0 Å². The van der Waals surface area contributed by atoms with Gasteiger partial charge in [0.25, 0.3) is 0 Å². The predicted octanol–water partition coefficient (Wildman–Crippen LogP) is 1.14. The van der Waals surface area contributed by atoms with Gasteiger partial charge in [0.1, 0.15) is 0 Å². The summed E-state index contributed by atoms with van der Waals surface area (Å²) in [7, 11) is 0. The second-order valence-corrected chi connectivity index (χ2v) is 2.61. The van der Waals surface area contributed by atoms with Crippen LogP contribution in [0.2, 0.25) is 0 Å². The van der Waals surface area contributed by atoms with Gasteiger partial charge in [-0.1, -0.05) is 6.58 Å². The Balaban J connectivity index is 2.26. The third-order valence-corrected chi connectivity index (χ3v) is 2.02. The zero-order valence-electron chi connectivity index (χ0n) is 4.26. The largest absolute Gasteiger partial charge is 0.368 e.